The van der Waals surface area contributed by atoms with E-state index in [0.29, 0.717) is 46.7 Å². The molecule has 1 amide bonds. The molecular formula is C24H22N2O7S. The Kier molecular flexibility index (Phi) is 5.52. The molecule has 9 nitrogen and oxygen atoms in total. The fourth-order valence-electron chi connectivity index (χ4n) is 4.00. The molecule has 0 spiro atoms. The number of ether oxygens (including phenoxy) is 4. The Bertz CT molecular complexity index is 1360. The zero-order valence-corrected chi connectivity index (χ0v) is 19.3. The van der Waals surface area contributed by atoms with Crippen LogP contribution in [0.15, 0.2) is 54.6 Å². The standard InChI is InChI=1S/C24H22N2O7S/c1-14-18(10-11-23(25-14)30-2)33-19-5-3-4-17-20(13-31-24(17)19)32-16-8-6-15(7-9-16)21-12-22(27)26-34(21,28)29/h3-11,20-21H,12-13H2,1-2H3,(H,26,27)/t20-,21?/m1/s1. The predicted molar refractivity (Wildman–Crippen MR) is 122 cm³/mol. The third-order valence-electron chi connectivity index (χ3n) is 5.71. The molecule has 10 heteroatoms. The molecule has 2 aliphatic rings. The lowest BCUT2D eigenvalue weighted by Gasteiger charge is -2.15. The highest BCUT2D eigenvalue weighted by atomic mass is 32.2. The lowest BCUT2D eigenvalue weighted by atomic mass is 10.1. The smallest absolute Gasteiger partial charge is 0.242 e. The fourth-order valence-corrected chi connectivity index (χ4v) is 5.43. The quantitative estimate of drug-likeness (QED) is 0.567. The zero-order chi connectivity index (χ0) is 23.9. The number of aromatic nitrogens is 1. The number of fused-ring (bicyclic) bond motifs is 1. The Hall–Kier alpha value is -3.79. The molecule has 5 rings (SSSR count). The minimum Gasteiger partial charge on any atom is -0.485 e. The average molecular weight is 483 g/mol. The summed E-state index contributed by atoms with van der Waals surface area (Å²) in [4.78, 5) is 15.8. The molecule has 1 saturated heterocycles. The van der Waals surface area contributed by atoms with E-state index in [0.717, 1.165) is 5.56 Å². The van der Waals surface area contributed by atoms with E-state index in [2.05, 4.69) is 4.98 Å². The van der Waals surface area contributed by atoms with Gasteiger partial charge in [-0.25, -0.2) is 13.4 Å². The minimum atomic E-state index is -3.69. The maximum Gasteiger partial charge on any atom is 0.242 e. The molecule has 1 unspecified atom stereocenters. The first kappa shape index (κ1) is 22.0. The van der Waals surface area contributed by atoms with Crippen LogP contribution in [0.1, 0.15) is 34.6 Å². The topological polar surface area (TPSA) is 113 Å². The number of amides is 1. The van der Waals surface area contributed by atoms with Crippen molar-refractivity contribution in [2.24, 2.45) is 0 Å². The molecule has 2 aromatic carbocycles. The monoisotopic (exact) mass is 482 g/mol. The van der Waals surface area contributed by atoms with Gasteiger partial charge in [0, 0.05) is 11.6 Å². The van der Waals surface area contributed by atoms with E-state index < -0.39 is 21.2 Å². The molecule has 0 bridgehead atoms. The second-order valence-corrected chi connectivity index (χ2v) is 9.83. The summed E-state index contributed by atoms with van der Waals surface area (Å²) in [6.45, 7) is 2.13. The molecule has 1 fully saturated rings. The largest absolute Gasteiger partial charge is 0.485 e. The fraction of sp³-hybridized carbons (Fsp3) is 0.250. The van der Waals surface area contributed by atoms with Crippen molar-refractivity contribution in [2.45, 2.75) is 24.7 Å². The van der Waals surface area contributed by atoms with Crippen molar-refractivity contribution in [2.75, 3.05) is 13.7 Å². The molecule has 1 N–H and O–H groups in total. The van der Waals surface area contributed by atoms with Gasteiger partial charge in [0.1, 0.15) is 23.4 Å². The van der Waals surface area contributed by atoms with Crippen molar-refractivity contribution in [3.05, 3.63) is 71.4 Å². The second-order valence-electron chi connectivity index (χ2n) is 7.96. The summed E-state index contributed by atoms with van der Waals surface area (Å²) < 4.78 is 49.4. The molecular weight excluding hydrogens is 460 g/mol. The van der Waals surface area contributed by atoms with Crippen molar-refractivity contribution >= 4 is 15.9 Å². The lowest BCUT2D eigenvalue weighted by molar-refractivity contribution is -0.118. The number of carbonyl (C=O) groups is 1. The van der Waals surface area contributed by atoms with E-state index in [1.165, 1.54) is 0 Å². The van der Waals surface area contributed by atoms with Crippen LogP contribution in [0.25, 0.3) is 0 Å². The number of sulfonamides is 1. The van der Waals surface area contributed by atoms with E-state index in [-0.39, 0.29) is 12.5 Å². The van der Waals surface area contributed by atoms with Gasteiger partial charge < -0.3 is 18.9 Å². The number of hydrogen-bond donors (Lipinski definition) is 1. The summed E-state index contributed by atoms with van der Waals surface area (Å²) in [6, 6.07) is 15.8. The summed E-state index contributed by atoms with van der Waals surface area (Å²) in [5.41, 5.74) is 2.06. The first-order chi connectivity index (χ1) is 16.3. The van der Waals surface area contributed by atoms with Crippen LogP contribution < -0.4 is 23.7 Å². The number of nitrogens with zero attached hydrogens (tertiary/aromatic N) is 1. The Morgan fingerprint density at radius 1 is 1.06 bits per heavy atom. The van der Waals surface area contributed by atoms with Crippen molar-refractivity contribution in [3.8, 4) is 28.9 Å². The molecule has 34 heavy (non-hydrogen) atoms. The van der Waals surface area contributed by atoms with Gasteiger partial charge in [-0.05, 0) is 36.8 Å². The van der Waals surface area contributed by atoms with Gasteiger partial charge in [0.25, 0.3) is 0 Å². The Morgan fingerprint density at radius 2 is 1.85 bits per heavy atom. The van der Waals surface area contributed by atoms with Crippen molar-refractivity contribution in [1.82, 2.24) is 9.71 Å². The van der Waals surface area contributed by atoms with Crippen molar-refractivity contribution in [3.63, 3.8) is 0 Å². The van der Waals surface area contributed by atoms with Crippen LogP contribution in [0.2, 0.25) is 0 Å². The van der Waals surface area contributed by atoms with Crippen LogP contribution in [-0.4, -0.2) is 33.0 Å². The summed E-state index contributed by atoms with van der Waals surface area (Å²) in [5.74, 6) is 2.31. The Balaban J connectivity index is 1.32. The van der Waals surface area contributed by atoms with E-state index in [4.69, 9.17) is 18.9 Å². The Labute approximate surface area is 196 Å². The first-order valence-electron chi connectivity index (χ1n) is 10.6. The maximum absolute atomic E-state index is 12.1. The van der Waals surface area contributed by atoms with E-state index >= 15 is 0 Å². The number of para-hydroxylation sites is 1. The highest BCUT2D eigenvalue weighted by Crippen LogP contribution is 2.44. The maximum atomic E-state index is 12.1. The molecule has 1 aromatic heterocycles. The first-order valence-corrected chi connectivity index (χ1v) is 12.1. The number of pyridine rings is 1. The van der Waals surface area contributed by atoms with Gasteiger partial charge in [-0.1, -0.05) is 24.3 Å². The van der Waals surface area contributed by atoms with Gasteiger partial charge in [0.2, 0.25) is 21.8 Å². The zero-order valence-electron chi connectivity index (χ0n) is 18.5. The molecule has 0 saturated carbocycles. The minimum absolute atomic E-state index is 0.0850. The van der Waals surface area contributed by atoms with E-state index in [9.17, 15) is 13.2 Å². The van der Waals surface area contributed by atoms with E-state index in [1.54, 1.807) is 43.5 Å². The number of methoxy groups -OCH3 is 1. The molecule has 176 valence electrons. The number of carbonyl (C=O) groups excluding carboxylic acids is 1. The predicted octanol–water partition coefficient (Wildman–Crippen LogP) is 3.59. The van der Waals surface area contributed by atoms with Crippen LogP contribution in [-0.2, 0) is 14.8 Å². The van der Waals surface area contributed by atoms with Gasteiger partial charge in [0.05, 0.1) is 19.2 Å². The van der Waals surface area contributed by atoms with Crippen LogP contribution in [0.3, 0.4) is 0 Å². The number of rotatable bonds is 6. The van der Waals surface area contributed by atoms with Crippen LogP contribution in [0, 0.1) is 6.92 Å². The average Bonchev–Trinajstić information content (AvgIpc) is 3.35. The SMILES string of the molecule is COc1ccc(Oc2cccc3c2OC[C@H]3Oc2ccc(C3CC(=O)NS3(=O)=O)cc2)c(C)n1. The number of nitrogens with one attached hydrogen (secondary N) is 1. The third-order valence-corrected chi connectivity index (χ3v) is 7.41. The van der Waals surface area contributed by atoms with Gasteiger partial charge in [-0.3, -0.25) is 9.52 Å². The summed E-state index contributed by atoms with van der Waals surface area (Å²) in [6.07, 6.45) is -0.448. The van der Waals surface area contributed by atoms with Crippen LogP contribution >= 0.6 is 0 Å². The van der Waals surface area contributed by atoms with Crippen molar-refractivity contribution in [1.29, 1.82) is 0 Å². The second kappa shape index (κ2) is 8.53. The summed E-state index contributed by atoms with van der Waals surface area (Å²) >= 11 is 0. The molecule has 3 heterocycles. The molecule has 0 radical (unpaired) electrons. The molecule has 0 aliphatic carbocycles. The molecule has 3 aromatic rings. The van der Waals surface area contributed by atoms with Crippen LogP contribution in [0.5, 0.6) is 28.9 Å². The van der Waals surface area contributed by atoms with Gasteiger partial charge in [-0.15, -0.1) is 0 Å². The number of hydrogen-bond acceptors (Lipinski definition) is 8. The third kappa shape index (κ3) is 4.12. The lowest BCUT2D eigenvalue weighted by Crippen LogP contribution is -2.21. The highest BCUT2D eigenvalue weighted by molar-refractivity contribution is 7.90. The normalized spacial score (nSPS) is 20.2. The number of aryl methyl sites for hydroxylation is 1. The van der Waals surface area contributed by atoms with Crippen molar-refractivity contribution < 1.29 is 32.2 Å². The van der Waals surface area contributed by atoms with E-state index in [1.807, 2.05) is 29.8 Å². The highest BCUT2D eigenvalue weighted by Gasteiger charge is 2.38. The molecule has 2 atom stereocenters. The van der Waals surface area contributed by atoms with Gasteiger partial charge >= 0.3 is 0 Å². The van der Waals surface area contributed by atoms with Crippen LogP contribution in [0.4, 0.5) is 0 Å². The summed E-state index contributed by atoms with van der Waals surface area (Å²) in [7, 11) is -2.13. The number of benzene rings is 2. The van der Waals surface area contributed by atoms with Gasteiger partial charge in [-0.2, -0.15) is 0 Å². The molecule has 2 aliphatic heterocycles. The Morgan fingerprint density at radius 3 is 2.53 bits per heavy atom. The van der Waals surface area contributed by atoms with Gasteiger partial charge in [0.15, 0.2) is 17.6 Å². The summed E-state index contributed by atoms with van der Waals surface area (Å²) in [5, 5.41) is -0.889.